The largest absolute Gasteiger partial charge is 0.328 e. The molecule has 0 unspecified atom stereocenters. The second-order valence-electron chi connectivity index (χ2n) is 8.17. The summed E-state index contributed by atoms with van der Waals surface area (Å²) in [6, 6.07) is 19.4. The van der Waals surface area contributed by atoms with E-state index < -0.39 is 46.5 Å². The third kappa shape index (κ3) is 6.94. The maximum Gasteiger partial charge on any atom is 0.328 e. The molecule has 2 aromatic carbocycles. The molecule has 0 saturated carbocycles. The van der Waals surface area contributed by atoms with Crippen molar-refractivity contribution in [2.75, 3.05) is 0 Å². The third-order valence-electron chi connectivity index (χ3n) is 6.05. The van der Waals surface area contributed by atoms with Crippen LogP contribution in [-0.4, -0.2) is 35.7 Å². The quantitative estimate of drug-likeness (QED) is 0.419. The van der Waals surface area contributed by atoms with Crippen LogP contribution in [0.3, 0.4) is 0 Å². The molecule has 0 atom stereocenters. The van der Waals surface area contributed by atoms with E-state index in [1.54, 1.807) is 86.6 Å². The van der Waals surface area contributed by atoms with Gasteiger partial charge in [0.1, 0.15) is 0 Å². The number of hydrogen-bond acceptors (Lipinski definition) is 8. The average molecular weight is 547 g/mol. The number of benzene rings is 2. The van der Waals surface area contributed by atoms with Crippen molar-refractivity contribution in [1.82, 2.24) is 21.3 Å². The van der Waals surface area contributed by atoms with E-state index in [4.69, 9.17) is 10.5 Å². The van der Waals surface area contributed by atoms with Crippen LogP contribution >= 0.6 is 0 Å². The highest BCUT2D eigenvalue weighted by molar-refractivity contribution is 6.23. The van der Waals surface area contributed by atoms with Crippen LogP contribution in [0.5, 0.6) is 0 Å². The van der Waals surface area contributed by atoms with Crippen LogP contribution < -0.4 is 21.3 Å². The first-order chi connectivity index (χ1) is 19.0. The lowest BCUT2D eigenvalue weighted by atomic mass is 9.75. The van der Waals surface area contributed by atoms with Gasteiger partial charge in [-0.05, 0) is 24.0 Å². The number of urea groups is 2. The van der Waals surface area contributed by atoms with Gasteiger partial charge in [-0.3, -0.25) is 40.4 Å². The molecule has 208 valence electrons. The number of amides is 8. The van der Waals surface area contributed by atoms with Gasteiger partial charge in [-0.25, -0.2) is 9.59 Å². The minimum atomic E-state index is -1.31. The molecule has 12 nitrogen and oxygen atoms in total. The van der Waals surface area contributed by atoms with Gasteiger partial charge >= 0.3 is 12.1 Å². The lowest BCUT2D eigenvalue weighted by molar-refractivity contribution is -0.140. The Morgan fingerprint density at radius 1 is 0.550 bits per heavy atom. The molecular formula is C28H30N6O6. The first-order valence-electron chi connectivity index (χ1n) is 12.1. The summed E-state index contributed by atoms with van der Waals surface area (Å²) in [5.41, 5.74) is -1.44. The van der Waals surface area contributed by atoms with Crippen LogP contribution in [0.4, 0.5) is 9.59 Å². The zero-order valence-electron chi connectivity index (χ0n) is 22.5. The van der Waals surface area contributed by atoms with Crippen LogP contribution in [0.2, 0.25) is 0 Å². The van der Waals surface area contributed by atoms with E-state index in [1.165, 1.54) is 13.8 Å². The molecule has 12 heteroatoms. The standard InChI is InChI=1S/2C12H12N2O3.2C2H3N/c2*1-2-12(8-6-4-3-5-7-8)9(15)13-11(17)14-10(12)16;2*1-2-3/h2*3-7H,2H2,1H3,(H2,13,14,15,16,17);2*1H3. The first kappa shape index (κ1) is 32.7. The number of carbonyl (C=O) groups excluding carboxylic acids is 6. The predicted molar refractivity (Wildman–Crippen MR) is 143 cm³/mol. The zero-order chi connectivity index (χ0) is 30.3. The van der Waals surface area contributed by atoms with Crippen molar-refractivity contribution in [2.45, 2.75) is 51.4 Å². The molecule has 2 aliphatic heterocycles. The molecule has 4 N–H and O–H groups in total. The maximum absolute atomic E-state index is 12.0. The van der Waals surface area contributed by atoms with Crippen molar-refractivity contribution in [3.63, 3.8) is 0 Å². The Hall–Kier alpha value is -5.36. The van der Waals surface area contributed by atoms with E-state index in [0.717, 1.165) is 0 Å². The SMILES string of the molecule is CC#N.CC#N.CCC1(c2ccccc2)C(=O)NC(=O)NC1=O.CCC1(c2ccccc2)C(=O)NC(=O)NC1=O. The second-order valence-corrected chi connectivity index (χ2v) is 8.17. The molecule has 0 aliphatic carbocycles. The minimum Gasteiger partial charge on any atom is -0.277 e. The zero-order valence-corrected chi connectivity index (χ0v) is 22.5. The lowest BCUT2D eigenvalue weighted by Gasteiger charge is -2.33. The van der Waals surface area contributed by atoms with Crippen molar-refractivity contribution in [3.05, 3.63) is 71.8 Å². The molecule has 0 radical (unpaired) electrons. The molecule has 8 amide bonds. The molecular weight excluding hydrogens is 516 g/mol. The van der Waals surface area contributed by atoms with Crippen LogP contribution in [-0.2, 0) is 30.0 Å². The molecule has 0 aromatic heterocycles. The Morgan fingerprint density at radius 2 is 0.775 bits per heavy atom. The Kier molecular flexibility index (Phi) is 12.4. The summed E-state index contributed by atoms with van der Waals surface area (Å²) >= 11 is 0. The van der Waals surface area contributed by atoms with Crippen molar-refractivity contribution in [1.29, 1.82) is 10.5 Å². The molecule has 0 bridgehead atoms. The van der Waals surface area contributed by atoms with Gasteiger partial charge in [0.05, 0.1) is 12.1 Å². The van der Waals surface area contributed by atoms with Crippen molar-refractivity contribution < 1.29 is 28.8 Å². The summed E-state index contributed by atoms with van der Waals surface area (Å²) in [7, 11) is 0. The Morgan fingerprint density at radius 3 is 0.975 bits per heavy atom. The summed E-state index contributed by atoms with van der Waals surface area (Å²) in [5.74, 6) is -2.28. The second kappa shape index (κ2) is 15.1. The molecule has 4 rings (SSSR count). The summed E-state index contributed by atoms with van der Waals surface area (Å²) in [5, 5.41) is 23.2. The molecule has 2 saturated heterocycles. The normalized spacial score (nSPS) is 16.1. The molecule has 2 aliphatic rings. The fourth-order valence-corrected chi connectivity index (χ4v) is 4.13. The Balaban J connectivity index is 0.000000335. The first-order valence-corrected chi connectivity index (χ1v) is 12.1. The van der Waals surface area contributed by atoms with Gasteiger partial charge in [0.15, 0.2) is 10.8 Å². The van der Waals surface area contributed by atoms with Gasteiger partial charge in [0.25, 0.3) is 0 Å². The van der Waals surface area contributed by atoms with Gasteiger partial charge in [-0.2, -0.15) is 10.5 Å². The van der Waals surface area contributed by atoms with E-state index in [9.17, 15) is 28.8 Å². The van der Waals surface area contributed by atoms with Crippen molar-refractivity contribution in [2.24, 2.45) is 0 Å². The number of imide groups is 4. The maximum atomic E-state index is 12.0. The van der Waals surface area contributed by atoms with Crippen LogP contribution in [0.1, 0.15) is 51.7 Å². The number of nitrogens with one attached hydrogen (secondary N) is 4. The third-order valence-corrected chi connectivity index (χ3v) is 6.05. The number of nitrogens with zero attached hydrogens (tertiary/aromatic N) is 2. The molecule has 40 heavy (non-hydrogen) atoms. The average Bonchev–Trinajstić information content (AvgIpc) is 2.91. The van der Waals surface area contributed by atoms with Gasteiger partial charge < -0.3 is 0 Å². The van der Waals surface area contributed by atoms with Crippen LogP contribution in [0, 0.1) is 22.7 Å². The number of nitriles is 2. The smallest absolute Gasteiger partial charge is 0.277 e. The van der Waals surface area contributed by atoms with E-state index in [-0.39, 0.29) is 0 Å². The minimum absolute atomic E-state index is 0.294. The molecule has 2 aromatic rings. The monoisotopic (exact) mass is 546 g/mol. The van der Waals surface area contributed by atoms with Gasteiger partial charge in [-0.1, -0.05) is 74.5 Å². The summed E-state index contributed by atoms with van der Waals surface area (Å²) < 4.78 is 0. The predicted octanol–water partition coefficient (Wildman–Crippen LogP) is 2.46. The van der Waals surface area contributed by atoms with Crippen molar-refractivity contribution >= 4 is 35.7 Å². The summed E-state index contributed by atoms with van der Waals surface area (Å²) in [4.78, 5) is 70.0. The number of hydrogen-bond donors (Lipinski definition) is 4. The van der Waals surface area contributed by atoms with Gasteiger partial charge in [0.2, 0.25) is 23.6 Å². The number of rotatable bonds is 4. The fraction of sp³-hybridized carbons (Fsp3) is 0.286. The Labute approximate surface area is 231 Å². The molecule has 2 fully saturated rings. The summed E-state index contributed by atoms with van der Waals surface area (Å²) in [6.07, 6.45) is 0.587. The van der Waals surface area contributed by atoms with E-state index >= 15 is 0 Å². The number of carbonyl (C=O) groups is 6. The van der Waals surface area contributed by atoms with E-state index in [1.807, 2.05) is 0 Å². The molecule has 2 heterocycles. The highest BCUT2D eigenvalue weighted by Gasteiger charge is 2.51. The topological polar surface area (TPSA) is 198 Å². The van der Waals surface area contributed by atoms with Gasteiger partial charge in [-0.15, -0.1) is 0 Å². The van der Waals surface area contributed by atoms with Crippen LogP contribution in [0.15, 0.2) is 60.7 Å². The van der Waals surface area contributed by atoms with E-state index in [2.05, 4.69) is 21.3 Å². The lowest BCUT2D eigenvalue weighted by Crippen LogP contribution is -2.64. The Bertz CT molecular complexity index is 1190. The van der Waals surface area contributed by atoms with Crippen molar-refractivity contribution in [3.8, 4) is 12.1 Å². The van der Waals surface area contributed by atoms with Crippen LogP contribution in [0.25, 0.3) is 0 Å². The summed E-state index contributed by atoms with van der Waals surface area (Å²) in [6.45, 7) is 6.34. The highest BCUT2D eigenvalue weighted by Crippen LogP contribution is 2.31. The number of barbiturate groups is 2. The molecule has 0 spiro atoms. The van der Waals surface area contributed by atoms with Gasteiger partial charge in [0, 0.05) is 13.8 Å². The highest BCUT2D eigenvalue weighted by atomic mass is 16.2. The van der Waals surface area contributed by atoms with E-state index in [0.29, 0.717) is 24.0 Å². The fourth-order valence-electron chi connectivity index (χ4n) is 4.13.